The van der Waals surface area contributed by atoms with E-state index in [9.17, 15) is 4.79 Å². The van der Waals surface area contributed by atoms with Crippen LogP contribution in [0, 0.1) is 5.92 Å². The molecule has 0 saturated carbocycles. The van der Waals surface area contributed by atoms with Crippen molar-refractivity contribution in [3.8, 4) is 5.75 Å². The molecular formula is C13H18N2O2. The minimum Gasteiger partial charge on any atom is -0.494 e. The predicted octanol–water partition coefficient (Wildman–Crippen LogP) is 1.86. The van der Waals surface area contributed by atoms with E-state index in [4.69, 9.17) is 10.5 Å². The summed E-state index contributed by atoms with van der Waals surface area (Å²) in [6, 6.07) is 9.47. The van der Waals surface area contributed by atoms with E-state index in [0.29, 0.717) is 12.5 Å². The van der Waals surface area contributed by atoms with Crippen LogP contribution in [-0.2, 0) is 0 Å². The Hall–Kier alpha value is -1.71. The molecular weight excluding hydrogens is 216 g/mol. The molecule has 17 heavy (non-hydrogen) atoms. The molecule has 4 heteroatoms. The molecule has 1 saturated heterocycles. The SMILES string of the molecule is NC(=O)N1CCC(CCOc2ccccc2)C1. The number of para-hydroxylation sites is 1. The van der Waals surface area contributed by atoms with Crippen molar-refractivity contribution in [2.75, 3.05) is 19.7 Å². The minimum atomic E-state index is -0.309. The van der Waals surface area contributed by atoms with Gasteiger partial charge in [0.15, 0.2) is 0 Å². The second-order valence-electron chi connectivity index (χ2n) is 4.39. The highest BCUT2D eigenvalue weighted by molar-refractivity contribution is 5.72. The number of rotatable bonds is 4. The van der Waals surface area contributed by atoms with Crippen LogP contribution < -0.4 is 10.5 Å². The zero-order valence-corrected chi connectivity index (χ0v) is 9.84. The average molecular weight is 234 g/mol. The average Bonchev–Trinajstić information content (AvgIpc) is 2.79. The number of benzene rings is 1. The fourth-order valence-corrected chi connectivity index (χ4v) is 2.13. The molecule has 1 atom stereocenters. The van der Waals surface area contributed by atoms with Gasteiger partial charge in [0.2, 0.25) is 0 Å². The van der Waals surface area contributed by atoms with E-state index in [1.807, 2.05) is 30.3 Å². The third-order valence-corrected chi connectivity index (χ3v) is 3.14. The van der Waals surface area contributed by atoms with Gasteiger partial charge in [-0.15, -0.1) is 0 Å². The van der Waals surface area contributed by atoms with E-state index in [1.54, 1.807) is 4.90 Å². The maximum Gasteiger partial charge on any atom is 0.314 e. The van der Waals surface area contributed by atoms with Crippen molar-refractivity contribution in [3.05, 3.63) is 30.3 Å². The molecule has 2 N–H and O–H groups in total. The van der Waals surface area contributed by atoms with Gasteiger partial charge in [-0.25, -0.2) is 4.79 Å². The Morgan fingerprint density at radius 3 is 2.82 bits per heavy atom. The maximum atomic E-state index is 11.0. The first-order chi connectivity index (χ1) is 8.25. The van der Waals surface area contributed by atoms with Gasteiger partial charge < -0.3 is 15.4 Å². The Balaban J connectivity index is 1.68. The van der Waals surface area contributed by atoms with Gasteiger partial charge in [-0.1, -0.05) is 18.2 Å². The highest BCUT2D eigenvalue weighted by Gasteiger charge is 2.24. The Labute approximate surface area is 101 Å². The number of hydrogen-bond acceptors (Lipinski definition) is 2. The van der Waals surface area contributed by atoms with Gasteiger partial charge in [0.1, 0.15) is 5.75 Å². The molecule has 0 aromatic heterocycles. The van der Waals surface area contributed by atoms with Crippen molar-refractivity contribution in [1.29, 1.82) is 0 Å². The van der Waals surface area contributed by atoms with Crippen LogP contribution >= 0.6 is 0 Å². The smallest absolute Gasteiger partial charge is 0.314 e. The van der Waals surface area contributed by atoms with Gasteiger partial charge >= 0.3 is 6.03 Å². The van der Waals surface area contributed by atoms with Gasteiger partial charge in [-0.2, -0.15) is 0 Å². The Bertz CT molecular complexity index is 367. The van der Waals surface area contributed by atoms with Crippen LogP contribution in [-0.4, -0.2) is 30.6 Å². The summed E-state index contributed by atoms with van der Waals surface area (Å²) in [6.07, 6.45) is 2.00. The highest BCUT2D eigenvalue weighted by atomic mass is 16.5. The normalized spacial score (nSPS) is 19.3. The zero-order chi connectivity index (χ0) is 12.1. The third-order valence-electron chi connectivity index (χ3n) is 3.14. The van der Waals surface area contributed by atoms with E-state index in [0.717, 1.165) is 31.7 Å². The summed E-state index contributed by atoms with van der Waals surface area (Å²) in [5.41, 5.74) is 5.24. The number of primary amides is 1. The van der Waals surface area contributed by atoms with Gasteiger partial charge in [0, 0.05) is 13.1 Å². The molecule has 0 bridgehead atoms. The topological polar surface area (TPSA) is 55.6 Å². The Kier molecular flexibility index (Phi) is 3.85. The van der Waals surface area contributed by atoms with Crippen molar-refractivity contribution >= 4 is 6.03 Å². The van der Waals surface area contributed by atoms with Crippen LogP contribution in [0.1, 0.15) is 12.8 Å². The van der Waals surface area contributed by atoms with E-state index < -0.39 is 0 Å². The van der Waals surface area contributed by atoms with Crippen molar-refractivity contribution in [3.63, 3.8) is 0 Å². The van der Waals surface area contributed by atoms with Gasteiger partial charge in [0.05, 0.1) is 6.61 Å². The highest BCUT2D eigenvalue weighted by Crippen LogP contribution is 2.19. The monoisotopic (exact) mass is 234 g/mol. The molecule has 1 fully saturated rings. The second kappa shape index (κ2) is 5.57. The number of amides is 2. The quantitative estimate of drug-likeness (QED) is 0.864. The zero-order valence-electron chi connectivity index (χ0n) is 9.84. The van der Waals surface area contributed by atoms with E-state index in [-0.39, 0.29) is 6.03 Å². The van der Waals surface area contributed by atoms with E-state index in [1.165, 1.54) is 0 Å². The molecule has 1 heterocycles. The Morgan fingerprint density at radius 2 is 2.18 bits per heavy atom. The van der Waals surface area contributed by atoms with Crippen molar-refractivity contribution < 1.29 is 9.53 Å². The van der Waals surface area contributed by atoms with Gasteiger partial charge in [-0.05, 0) is 30.9 Å². The van der Waals surface area contributed by atoms with Crippen LogP contribution in [0.25, 0.3) is 0 Å². The molecule has 1 aliphatic rings. The van der Waals surface area contributed by atoms with E-state index >= 15 is 0 Å². The molecule has 1 unspecified atom stereocenters. The first kappa shape index (κ1) is 11.8. The largest absolute Gasteiger partial charge is 0.494 e. The molecule has 0 aliphatic carbocycles. The minimum absolute atomic E-state index is 0.309. The Morgan fingerprint density at radius 1 is 1.41 bits per heavy atom. The third kappa shape index (κ3) is 3.37. The van der Waals surface area contributed by atoms with Gasteiger partial charge in [0.25, 0.3) is 0 Å². The fraction of sp³-hybridized carbons (Fsp3) is 0.462. The molecule has 1 aliphatic heterocycles. The van der Waals surface area contributed by atoms with Crippen LogP contribution in [0.5, 0.6) is 5.75 Å². The van der Waals surface area contributed by atoms with Crippen molar-refractivity contribution in [1.82, 2.24) is 4.90 Å². The van der Waals surface area contributed by atoms with Crippen LogP contribution in [0.4, 0.5) is 4.79 Å². The van der Waals surface area contributed by atoms with Crippen molar-refractivity contribution in [2.24, 2.45) is 11.7 Å². The first-order valence-electron chi connectivity index (χ1n) is 5.98. The van der Waals surface area contributed by atoms with Crippen LogP contribution in [0.15, 0.2) is 30.3 Å². The molecule has 2 rings (SSSR count). The molecule has 4 nitrogen and oxygen atoms in total. The molecule has 1 aromatic rings. The number of urea groups is 1. The number of carbonyl (C=O) groups excluding carboxylic acids is 1. The second-order valence-corrected chi connectivity index (χ2v) is 4.39. The standard InChI is InChI=1S/C13H18N2O2/c14-13(16)15-8-6-11(10-15)7-9-17-12-4-2-1-3-5-12/h1-5,11H,6-10H2,(H2,14,16). The molecule has 2 amide bonds. The summed E-state index contributed by atoms with van der Waals surface area (Å²) in [4.78, 5) is 12.7. The lowest BCUT2D eigenvalue weighted by Gasteiger charge is -2.13. The molecule has 0 radical (unpaired) electrons. The molecule has 92 valence electrons. The maximum absolute atomic E-state index is 11.0. The lowest BCUT2D eigenvalue weighted by Crippen LogP contribution is -2.33. The summed E-state index contributed by atoms with van der Waals surface area (Å²) in [5.74, 6) is 1.42. The van der Waals surface area contributed by atoms with Crippen LogP contribution in [0.3, 0.4) is 0 Å². The summed E-state index contributed by atoms with van der Waals surface area (Å²) in [6.45, 7) is 2.25. The number of nitrogens with two attached hydrogens (primary N) is 1. The molecule has 1 aromatic carbocycles. The summed E-state index contributed by atoms with van der Waals surface area (Å²) in [7, 11) is 0. The number of likely N-dealkylation sites (tertiary alicyclic amines) is 1. The van der Waals surface area contributed by atoms with E-state index in [2.05, 4.69) is 0 Å². The van der Waals surface area contributed by atoms with Crippen LogP contribution in [0.2, 0.25) is 0 Å². The summed E-state index contributed by atoms with van der Waals surface area (Å²) < 4.78 is 5.63. The fourth-order valence-electron chi connectivity index (χ4n) is 2.13. The summed E-state index contributed by atoms with van der Waals surface area (Å²) in [5, 5.41) is 0. The lowest BCUT2D eigenvalue weighted by atomic mass is 10.1. The number of ether oxygens (including phenoxy) is 1. The van der Waals surface area contributed by atoms with Gasteiger partial charge in [-0.3, -0.25) is 0 Å². The number of carbonyl (C=O) groups is 1. The lowest BCUT2D eigenvalue weighted by molar-refractivity contribution is 0.214. The summed E-state index contributed by atoms with van der Waals surface area (Å²) >= 11 is 0. The number of hydrogen-bond donors (Lipinski definition) is 1. The molecule has 0 spiro atoms. The van der Waals surface area contributed by atoms with Crippen molar-refractivity contribution in [2.45, 2.75) is 12.8 Å². The number of nitrogens with zero attached hydrogens (tertiary/aromatic N) is 1. The first-order valence-corrected chi connectivity index (χ1v) is 5.98. The predicted molar refractivity (Wildman–Crippen MR) is 65.8 cm³/mol.